The summed E-state index contributed by atoms with van der Waals surface area (Å²) in [6.45, 7) is 13.5. The summed E-state index contributed by atoms with van der Waals surface area (Å²) in [7, 11) is 0. The van der Waals surface area contributed by atoms with E-state index in [-0.39, 0.29) is 5.41 Å². The Hall–Kier alpha value is -2.63. The Morgan fingerprint density at radius 1 is 1.12 bits per heavy atom. The minimum Gasteiger partial charge on any atom is -0.438 e. The number of furan rings is 1. The lowest BCUT2D eigenvalue weighted by atomic mass is 9.85. The molecule has 3 aromatic heterocycles. The van der Waals surface area contributed by atoms with Crippen LogP contribution < -0.4 is 0 Å². The van der Waals surface area contributed by atoms with Crippen LogP contribution >= 0.6 is 23.1 Å². The highest BCUT2D eigenvalue weighted by atomic mass is 32.2. The maximum absolute atomic E-state index is 6.22. The lowest BCUT2D eigenvalue weighted by Gasteiger charge is -2.21. The minimum atomic E-state index is 0.0385. The van der Waals surface area contributed by atoms with Crippen LogP contribution in [0.3, 0.4) is 0 Å². The Bertz CT molecular complexity index is 1530. The number of aromatic nitrogens is 2. The molecule has 0 aliphatic rings. The first kappa shape index (κ1) is 23.1. The quantitative estimate of drug-likeness (QED) is 0.232. The molecule has 0 saturated carbocycles. The zero-order valence-electron chi connectivity index (χ0n) is 20.6. The third kappa shape index (κ3) is 4.39. The van der Waals surface area contributed by atoms with Crippen LogP contribution in [0, 0.1) is 5.92 Å². The van der Waals surface area contributed by atoms with E-state index in [4.69, 9.17) is 9.40 Å². The molecule has 0 spiro atoms. The van der Waals surface area contributed by atoms with Crippen LogP contribution in [-0.4, -0.2) is 9.97 Å². The highest BCUT2D eigenvalue weighted by Gasteiger charge is 2.22. The Morgan fingerprint density at radius 2 is 1.94 bits per heavy atom. The lowest BCUT2D eigenvalue weighted by Crippen LogP contribution is -2.11. The lowest BCUT2D eigenvalue weighted by molar-refractivity contribution is 0.597. The number of hydrogen-bond donors (Lipinski definition) is 0. The first-order valence-corrected chi connectivity index (χ1v) is 13.4. The fraction of sp³-hybridized carbons (Fsp3) is 0.310. The second kappa shape index (κ2) is 8.86. The topological polar surface area (TPSA) is 38.9 Å². The maximum atomic E-state index is 6.22. The molecule has 5 heteroatoms. The van der Waals surface area contributed by atoms with E-state index in [2.05, 4.69) is 94.4 Å². The molecule has 0 saturated heterocycles. The molecule has 0 bridgehead atoms. The van der Waals surface area contributed by atoms with E-state index in [0.717, 1.165) is 34.0 Å². The van der Waals surface area contributed by atoms with Gasteiger partial charge in [-0.1, -0.05) is 52.5 Å². The molecule has 0 aliphatic heterocycles. The largest absolute Gasteiger partial charge is 0.438 e. The zero-order valence-corrected chi connectivity index (χ0v) is 22.2. The third-order valence-corrected chi connectivity index (χ3v) is 7.97. The van der Waals surface area contributed by atoms with E-state index in [1.807, 2.05) is 0 Å². The average molecular weight is 487 g/mol. The third-order valence-electron chi connectivity index (χ3n) is 6.03. The van der Waals surface area contributed by atoms with Gasteiger partial charge >= 0.3 is 0 Å². The number of benzene rings is 2. The summed E-state index contributed by atoms with van der Waals surface area (Å²) in [6.07, 6.45) is 5.02. The summed E-state index contributed by atoms with van der Waals surface area (Å²) in [6, 6.07) is 13.2. The molecule has 0 atom stereocenters. The molecular formula is C29H30N2OS2. The molecule has 3 heterocycles. The molecule has 0 aliphatic carbocycles. The van der Waals surface area contributed by atoms with Crippen LogP contribution in [0.4, 0.5) is 0 Å². The van der Waals surface area contributed by atoms with E-state index < -0.39 is 0 Å². The van der Waals surface area contributed by atoms with Crippen LogP contribution in [0.5, 0.6) is 0 Å². The first-order chi connectivity index (χ1) is 16.2. The normalized spacial score (nSPS) is 13.1. The van der Waals surface area contributed by atoms with Crippen molar-refractivity contribution in [3.05, 3.63) is 64.7 Å². The fourth-order valence-electron chi connectivity index (χ4n) is 4.27. The Labute approximate surface area is 209 Å². The number of thiophene rings is 1. The predicted octanol–water partition coefficient (Wildman–Crippen LogP) is 9.60. The highest BCUT2D eigenvalue weighted by Crippen LogP contribution is 2.41. The zero-order chi connectivity index (χ0) is 24.0. The van der Waals surface area contributed by atoms with Crippen LogP contribution in [0.1, 0.15) is 53.5 Å². The van der Waals surface area contributed by atoms with Gasteiger partial charge in [-0.05, 0) is 82.3 Å². The van der Waals surface area contributed by atoms with Crippen molar-refractivity contribution in [3.8, 4) is 11.3 Å². The standard InChI is InChI=1S/C29H30N2OS2/c1-17(2)7-8-18(3)34-21-9-10-22-24(15-21)32-28-25(22)26(30-16-31-28)20-13-19-11-12-33-27(19)23(14-20)29(4,5)6/h8-17H,7H2,1-6H3/b18-8+. The molecule has 3 nitrogen and oxygen atoms in total. The molecule has 0 radical (unpaired) electrons. The van der Waals surface area contributed by atoms with Gasteiger partial charge in [0.1, 0.15) is 11.9 Å². The predicted molar refractivity (Wildman–Crippen MR) is 148 cm³/mol. The summed E-state index contributed by atoms with van der Waals surface area (Å²) in [4.78, 5) is 11.7. The van der Waals surface area contributed by atoms with Crippen LogP contribution in [0.25, 0.3) is 43.4 Å². The van der Waals surface area contributed by atoms with Crippen molar-refractivity contribution in [3.63, 3.8) is 0 Å². The number of nitrogens with zero attached hydrogens (tertiary/aromatic N) is 2. The van der Waals surface area contributed by atoms with Gasteiger partial charge in [-0.3, -0.25) is 0 Å². The smallest absolute Gasteiger partial charge is 0.230 e. The van der Waals surface area contributed by atoms with Crippen molar-refractivity contribution in [2.45, 2.75) is 58.3 Å². The molecule has 0 fully saturated rings. The van der Waals surface area contributed by atoms with E-state index >= 15 is 0 Å². The molecular weight excluding hydrogens is 456 g/mol. The second-order valence-electron chi connectivity index (χ2n) is 10.3. The van der Waals surface area contributed by atoms with Crippen LogP contribution in [-0.2, 0) is 5.41 Å². The van der Waals surface area contributed by atoms with Crippen LogP contribution in [0.2, 0.25) is 0 Å². The number of allylic oxidation sites excluding steroid dienone is 2. The van der Waals surface area contributed by atoms with E-state index in [1.165, 1.54) is 25.5 Å². The van der Waals surface area contributed by atoms with Gasteiger partial charge in [-0.25, -0.2) is 9.97 Å². The Balaban J connectivity index is 1.63. The number of fused-ring (bicyclic) bond motifs is 4. The first-order valence-electron chi connectivity index (χ1n) is 11.7. The molecule has 5 aromatic rings. The second-order valence-corrected chi connectivity index (χ2v) is 12.6. The van der Waals surface area contributed by atoms with Crippen molar-refractivity contribution in [2.24, 2.45) is 5.92 Å². The molecule has 34 heavy (non-hydrogen) atoms. The van der Waals surface area contributed by atoms with Gasteiger partial charge in [-0.15, -0.1) is 11.3 Å². The van der Waals surface area contributed by atoms with Gasteiger partial charge in [-0.2, -0.15) is 0 Å². The SMILES string of the molecule is C/C(=C\CC(C)C)Sc1ccc2c(c1)oc1ncnc(-c3cc(C(C)(C)C)c4sccc4c3)c12. The summed E-state index contributed by atoms with van der Waals surface area (Å²) >= 11 is 3.59. The summed E-state index contributed by atoms with van der Waals surface area (Å²) in [5.74, 6) is 0.664. The minimum absolute atomic E-state index is 0.0385. The maximum Gasteiger partial charge on any atom is 0.230 e. The molecule has 0 unspecified atom stereocenters. The van der Waals surface area contributed by atoms with Gasteiger partial charge in [0.25, 0.3) is 0 Å². The van der Waals surface area contributed by atoms with Gasteiger partial charge < -0.3 is 4.42 Å². The van der Waals surface area contributed by atoms with Gasteiger partial charge in [0.2, 0.25) is 5.71 Å². The van der Waals surface area contributed by atoms with Gasteiger partial charge in [0.05, 0.1) is 11.1 Å². The van der Waals surface area contributed by atoms with Crippen LogP contribution in [0.15, 0.2) is 68.4 Å². The molecule has 0 N–H and O–H groups in total. The van der Waals surface area contributed by atoms with Crippen molar-refractivity contribution in [2.75, 3.05) is 0 Å². The summed E-state index contributed by atoms with van der Waals surface area (Å²) in [5, 5.41) is 5.47. The van der Waals surface area contributed by atoms with Crippen molar-refractivity contribution < 1.29 is 4.42 Å². The number of hydrogen-bond acceptors (Lipinski definition) is 5. The Morgan fingerprint density at radius 3 is 2.71 bits per heavy atom. The molecule has 0 amide bonds. The van der Waals surface area contributed by atoms with Gasteiger partial charge in [0, 0.05) is 20.5 Å². The van der Waals surface area contributed by atoms with Gasteiger partial charge in [0.15, 0.2) is 0 Å². The van der Waals surface area contributed by atoms with E-state index in [0.29, 0.717) is 11.6 Å². The molecule has 2 aromatic carbocycles. The highest BCUT2D eigenvalue weighted by molar-refractivity contribution is 8.03. The fourth-order valence-corrected chi connectivity index (χ4v) is 6.23. The number of rotatable bonds is 5. The molecule has 174 valence electrons. The Kier molecular flexibility index (Phi) is 6.03. The monoisotopic (exact) mass is 486 g/mol. The summed E-state index contributed by atoms with van der Waals surface area (Å²) < 4.78 is 7.57. The van der Waals surface area contributed by atoms with E-state index in [9.17, 15) is 0 Å². The van der Waals surface area contributed by atoms with Crippen molar-refractivity contribution in [1.29, 1.82) is 0 Å². The van der Waals surface area contributed by atoms with Crippen molar-refractivity contribution >= 4 is 55.3 Å². The average Bonchev–Trinajstić information content (AvgIpc) is 3.40. The molecule has 5 rings (SSSR count). The van der Waals surface area contributed by atoms with E-state index in [1.54, 1.807) is 29.4 Å². The van der Waals surface area contributed by atoms with Crippen molar-refractivity contribution in [1.82, 2.24) is 9.97 Å². The number of thioether (sulfide) groups is 1. The summed E-state index contributed by atoms with van der Waals surface area (Å²) in [5.41, 5.74) is 4.91.